The number of hydrogen-bond acceptors (Lipinski definition) is 6. The highest BCUT2D eigenvalue weighted by Crippen LogP contribution is 2.33. The maximum absolute atomic E-state index is 13.1. The van der Waals surface area contributed by atoms with E-state index < -0.39 is 0 Å². The van der Waals surface area contributed by atoms with Gasteiger partial charge in [-0.25, -0.2) is 0 Å². The molecule has 5 rings (SSSR count). The van der Waals surface area contributed by atoms with Crippen LogP contribution in [0.15, 0.2) is 71.5 Å². The van der Waals surface area contributed by atoms with Crippen molar-refractivity contribution < 1.29 is 18.9 Å². The lowest BCUT2D eigenvalue weighted by Gasteiger charge is -2.26. The Hall–Kier alpha value is -4.24. The number of hydrogen-bond donors (Lipinski definition) is 2. The van der Waals surface area contributed by atoms with Crippen molar-refractivity contribution in [3.8, 4) is 23.0 Å². The quantitative estimate of drug-likeness (QED) is 0.304. The average molecular weight is 532 g/mol. The molecule has 1 aliphatic heterocycles. The van der Waals surface area contributed by atoms with Crippen LogP contribution >= 0.6 is 12.2 Å². The molecule has 0 radical (unpaired) electrons. The van der Waals surface area contributed by atoms with Gasteiger partial charge in [0.05, 0.1) is 25.8 Å². The molecule has 0 saturated heterocycles. The normalized spacial score (nSPS) is 12.2. The highest BCUT2D eigenvalue weighted by atomic mass is 32.1. The van der Waals surface area contributed by atoms with Gasteiger partial charge in [0.15, 0.2) is 16.6 Å². The molecule has 1 aliphatic rings. The van der Waals surface area contributed by atoms with E-state index in [4.69, 9.17) is 31.2 Å². The van der Waals surface area contributed by atoms with E-state index in [-0.39, 0.29) is 5.56 Å². The van der Waals surface area contributed by atoms with Gasteiger partial charge in [0, 0.05) is 29.2 Å². The summed E-state index contributed by atoms with van der Waals surface area (Å²) in [6.45, 7) is 4.32. The Kier molecular flexibility index (Phi) is 7.65. The molecule has 3 aromatic carbocycles. The number of nitrogens with one attached hydrogen (secondary N) is 2. The van der Waals surface area contributed by atoms with E-state index in [2.05, 4.69) is 10.3 Å². The second-order valence-electron chi connectivity index (χ2n) is 8.80. The Morgan fingerprint density at radius 3 is 2.34 bits per heavy atom. The number of anilines is 1. The topological polar surface area (TPSA) is 85.1 Å². The molecule has 0 spiro atoms. The number of aromatic amines is 1. The number of nitrogens with zero attached hydrogens (tertiary/aromatic N) is 1. The molecule has 8 nitrogen and oxygen atoms in total. The largest absolute Gasteiger partial charge is 0.497 e. The fourth-order valence-electron chi connectivity index (χ4n) is 4.27. The molecular weight excluding hydrogens is 502 g/mol. The van der Waals surface area contributed by atoms with Gasteiger partial charge in [-0.3, -0.25) is 4.79 Å². The number of methoxy groups -OCH3 is 1. The zero-order chi connectivity index (χ0) is 26.5. The minimum Gasteiger partial charge on any atom is -0.497 e. The van der Waals surface area contributed by atoms with Crippen LogP contribution in [0.2, 0.25) is 0 Å². The SMILES string of the molecule is CCOc1ccc(NC(=S)N(Cc2ccc(OC)cc2)Cc2cc3cc4c(cc3[nH]c2=O)OCCO4)cc1. The van der Waals surface area contributed by atoms with Crippen LogP contribution in [0.3, 0.4) is 0 Å². The van der Waals surface area contributed by atoms with E-state index in [0.717, 1.165) is 28.1 Å². The monoisotopic (exact) mass is 531 g/mol. The van der Waals surface area contributed by atoms with Crippen molar-refractivity contribution in [2.75, 3.05) is 32.2 Å². The van der Waals surface area contributed by atoms with Crippen LogP contribution < -0.4 is 29.8 Å². The maximum Gasteiger partial charge on any atom is 0.253 e. The number of benzene rings is 3. The van der Waals surface area contributed by atoms with Crippen LogP contribution in [0.1, 0.15) is 18.1 Å². The Labute approximate surface area is 226 Å². The summed E-state index contributed by atoms with van der Waals surface area (Å²) in [5, 5.41) is 4.65. The third-order valence-corrected chi connectivity index (χ3v) is 6.54. The van der Waals surface area contributed by atoms with Crippen molar-refractivity contribution in [1.82, 2.24) is 9.88 Å². The molecule has 38 heavy (non-hydrogen) atoms. The highest BCUT2D eigenvalue weighted by Gasteiger charge is 2.17. The minimum atomic E-state index is -0.183. The average Bonchev–Trinajstić information content (AvgIpc) is 2.93. The third-order valence-electron chi connectivity index (χ3n) is 6.18. The lowest BCUT2D eigenvalue weighted by Crippen LogP contribution is -2.35. The summed E-state index contributed by atoms with van der Waals surface area (Å²) < 4.78 is 22.2. The molecule has 0 atom stereocenters. The molecule has 4 aromatic rings. The van der Waals surface area contributed by atoms with E-state index >= 15 is 0 Å². The van der Waals surface area contributed by atoms with Crippen molar-refractivity contribution in [2.24, 2.45) is 0 Å². The van der Waals surface area contributed by atoms with Crippen molar-refractivity contribution >= 4 is 33.9 Å². The smallest absolute Gasteiger partial charge is 0.253 e. The van der Waals surface area contributed by atoms with Gasteiger partial charge in [-0.2, -0.15) is 0 Å². The Balaban J connectivity index is 1.43. The second-order valence-corrected chi connectivity index (χ2v) is 9.19. The lowest BCUT2D eigenvalue weighted by molar-refractivity contribution is 0.172. The van der Waals surface area contributed by atoms with E-state index in [1.165, 1.54) is 0 Å². The van der Waals surface area contributed by atoms with Crippen molar-refractivity contribution in [2.45, 2.75) is 20.0 Å². The molecule has 0 amide bonds. The first-order valence-electron chi connectivity index (χ1n) is 12.4. The number of H-pyrrole nitrogens is 1. The fourth-order valence-corrected chi connectivity index (χ4v) is 4.51. The third kappa shape index (κ3) is 5.84. The van der Waals surface area contributed by atoms with Crippen LogP contribution in [-0.4, -0.2) is 41.9 Å². The molecular formula is C29H29N3O5S. The van der Waals surface area contributed by atoms with Gasteiger partial charge < -0.3 is 34.1 Å². The summed E-state index contributed by atoms with van der Waals surface area (Å²) in [6.07, 6.45) is 0. The molecule has 2 N–H and O–H groups in total. The molecule has 0 unspecified atom stereocenters. The van der Waals surface area contributed by atoms with Gasteiger partial charge in [0.25, 0.3) is 5.56 Å². The van der Waals surface area contributed by atoms with E-state index in [1.807, 2.05) is 78.6 Å². The zero-order valence-corrected chi connectivity index (χ0v) is 22.1. The molecule has 0 saturated carbocycles. The summed E-state index contributed by atoms with van der Waals surface area (Å²) in [5.41, 5.74) is 2.95. The first kappa shape index (κ1) is 25.4. The minimum absolute atomic E-state index is 0.183. The number of thiocarbonyl (C=S) groups is 1. The van der Waals surface area contributed by atoms with Crippen LogP contribution in [0, 0.1) is 0 Å². The molecule has 196 valence electrons. The summed E-state index contributed by atoms with van der Waals surface area (Å²) in [7, 11) is 1.64. The Morgan fingerprint density at radius 2 is 1.66 bits per heavy atom. The van der Waals surface area contributed by atoms with Gasteiger partial charge in [0.2, 0.25) is 0 Å². The summed E-state index contributed by atoms with van der Waals surface area (Å²) in [5.74, 6) is 2.87. The van der Waals surface area contributed by atoms with Gasteiger partial charge >= 0.3 is 0 Å². The first-order valence-corrected chi connectivity index (χ1v) is 12.8. The zero-order valence-electron chi connectivity index (χ0n) is 21.3. The Bertz CT molecular complexity index is 1490. The van der Waals surface area contributed by atoms with Crippen molar-refractivity contribution in [3.05, 3.63) is 88.2 Å². The second kappa shape index (κ2) is 11.4. The van der Waals surface area contributed by atoms with Crippen molar-refractivity contribution in [1.29, 1.82) is 0 Å². The number of ether oxygens (including phenoxy) is 4. The number of fused-ring (bicyclic) bond motifs is 2. The van der Waals surface area contributed by atoms with Gasteiger partial charge in [-0.1, -0.05) is 12.1 Å². The number of aromatic nitrogens is 1. The molecule has 9 heteroatoms. The van der Waals surface area contributed by atoms with Gasteiger partial charge in [-0.05, 0) is 73.2 Å². The summed E-state index contributed by atoms with van der Waals surface area (Å²) in [6, 6.07) is 21.0. The molecule has 0 aliphatic carbocycles. The first-order chi connectivity index (χ1) is 18.5. The van der Waals surface area contributed by atoms with Gasteiger partial charge in [-0.15, -0.1) is 0 Å². The number of pyridine rings is 1. The molecule has 2 heterocycles. The van der Waals surface area contributed by atoms with E-state index in [9.17, 15) is 4.79 Å². The summed E-state index contributed by atoms with van der Waals surface area (Å²) >= 11 is 5.82. The van der Waals surface area contributed by atoms with Gasteiger partial charge in [0.1, 0.15) is 24.7 Å². The van der Waals surface area contributed by atoms with E-state index in [1.54, 1.807) is 7.11 Å². The van der Waals surface area contributed by atoms with Crippen LogP contribution in [0.25, 0.3) is 10.9 Å². The predicted octanol–water partition coefficient (Wildman–Crippen LogP) is 5.11. The van der Waals surface area contributed by atoms with Crippen LogP contribution in [0.5, 0.6) is 23.0 Å². The van der Waals surface area contributed by atoms with E-state index in [0.29, 0.717) is 60.6 Å². The summed E-state index contributed by atoms with van der Waals surface area (Å²) in [4.78, 5) is 18.1. The van der Waals surface area contributed by atoms with Crippen LogP contribution in [-0.2, 0) is 13.1 Å². The maximum atomic E-state index is 13.1. The standard InChI is InChI=1S/C29H29N3O5S/c1-3-35-24-10-6-22(7-11-24)30-29(38)32(17-19-4-8-23(34-2)9-5-19)18-21-14-20-15-26-27(37-13-12-36-26)16-25(20)31-28(21)33/h4-11,14-16H,3,12-13,17-18H2,1-2H3,(H,30,38)(H,31,33). The highest BCUT2D eigenvalue weighted by molar-refractivity contribution is 7.80. The fraction of sp³-hybridized carbons (Fsp3) is 0.241. The molecule has 0 fully saturated rings. The molecule has 1 aromatic heterocycles. The van der Waals surface area contributed by atoms with Crippen molar-refractivity contribution in [3.63, 3.8) is 0 Å². The van der Waals surface area contributed by atoms with Crippen LogP contribution in [0.4, 0.5) is 5.69 Å². The lowest BCUT2D eigenvalue weighted by atomic mass is 10.1. The molecule has 0 bridgehead atoms. The number of rotatable bonds is 8. The predicted molar refractivity (Wildman–Crippen MR) is 152 cm³/mol. The Morgan fingerprint density at radius 1 is 0.974 bits per heavy atom.